The standard InChI is InChI=1S/C11H9BrOS2/c1-7-2-4-15-11(7)9(13)6-10-8(12)3-5-14-10/h2-5H,6H2,1H3. The van der Waals surface area contributed by atoms with Crippen LogP contribution in [0.4, 0.5) is 0 Å². The highest BCUT2D eigenvalue weighted by atomic mass is 79.9. The first-order chi connectivity index (χ1) is 7.18. The summed E-state index contributed by atoms with van der Waals surface area (Å²) in [5.74, 6) is 0.214. The van der Waals surface area contributed by atoms with Crippen molar-refractivity contribution in [3.05, 3.63) is 42.7 Å². The highest BCUT2D eigenvalue weighted by Crippen LogP contribution is 2.26. The van der Waals surface area contributed by atoms with E-state index in [0.29, 0.717) is 6.42 Å². The maximum Gasteiger partial charge on any atom is 0.178 e. The lowest BCUT2D eigenvalue weighted by atomic mass is 10.1. The summed E-state index contributed by atoms with van der Waals surface area (Å²) in [5, 5.41) is 3.96. The molecule has 0 fully saturated rings. The molecule has 15 heavy (non-hydrogen) atoms. The van der Waals surface area contributed by atoms with Crippen molar-refractivity contribution in [2.45, 2.75) is 13.3 Å². The average molecular weight is 301 g/mol. The molecule has 0 saturated heterocycles. The number of carbonyl (C=O) groups excluding carboxylic acids is 1. The SMILES string of the molecule is Cc1ccsc1C(=O)Cc1sccc1Br. The van der Waals surface area contributed by atoms with Gasteiger partial charge in [0, 0.05) is 15.8 Å². The van der Waals surface area contributed by atoms with Gasteiger partial charge in [-0.05, 0) is 51.3 Å². The van der Waals surface area contributed by atoms with Crippen LogP contribution < -0.4 is 0 Å². The molecular formula is C11H9BrOS2. The van der Waals surface area contributed by atoms with Gasteiger partial charge in [0.25, 0.3) is 0 Å². The zero-order valence-electron chi connectivity index (χ0n) is 8.12. The Morgan fingerprint density at radius 2 is 2.07 bits per heavy atom. The van der Waals surface area contributed by atoms with Gasteiger partial charge in [0.15, 0.2) is 5.78 Å². The predicted molar refractivity (Wildman–Crippen MR) is 69.1 cm³/mol. The van der Waals surface area contributed by atoms with E-state index in [4.69, 9.17) is 0 Å². The number of ketones is 1. The van der Waals surface area contributed by atoms with Crippen molar-refractivity contribution in [1.29, 1.82) is 0 Å². The average Bonchev–Trinajstić information content (AvgIpc) is 2.76. The van der Waals surface area contributed by atoms with Crippen molar-refractivity contribution in [2.75, 3.05) is 0 Å². The Morgan fingerprint density at radius 1 is 1.33 bits per heavy atom. The summed E-state index contributed by atoms with van der Waals surface area (Å²) < 4.78 is 1.04. The number of hydrogen-bond donors (Lipinski definition) is 0. The number of hydrogen-bond acceptors (Lipinski definition) is 3. The Morgan fingerprint density at radius 3 is 2.60 bits per heavy atom. The fourth-order valence-electron chi connectivity index (χ4n) is 1.34. The first-order valence-corrected chi connectivity index (χ1v) is 7.03. The summed E-state index contributed by atoms with van der Waals surface area (Å²) in [6.45, 7) is 1.98. The van der Waals surface area contributed by atoms with E-state index < -0.39 is 0 Å². The molecule has 0 aliphatic heterocycles. The molecule has 0 aliphatic rings. The number of thiophene rings is 2. The van der Waals surface area contributed by atoms with Crippen molar-refractivity contribution in [3.8, 4) is 0 Å². The quantitative estimate of drug-likeness (QED) is 0.772. The molecule has 0 atom stereocenters. The normalized spacial score (nSPS) is 10.5. The van der Waals surface area contributed by atoms with Crippen molar-refractivity contribution in [3.63, 3.8) is 0 Å². The number of halogens is 1. The van der Waals surface area contributed by atoms with E-state index in [-0.39, 0.29) is 5.78 Å². The summed E-state index contributed by atoms with van der Waals surface area (Å²) in [6.07, 6.45) is 0.500. The van der Waals surface area contributed by atoms with Gasteiger partial charge in [-0.15, -0.1) is 22.7 Å². The minimum absolute atomic E-state index is 0.214. The van der Waals surface area contributed by atoms with E-state index in [9.17, 15) is 4.79 Å². The predicted octanol–water partition coefficient (Wildman–Crippen LogP) is 4.31. The Kier molecular flexibility index (Phi) is 3.38. The van der Waals surface area contributed by atoms with E-state index in [1.165, 1.54) is 11.3 Å². The van der Waals surface area contributed by atoms with Crippen LogP contribution in [0.2, 0.25) is 0 Å². The summed E-state index contributed by atoms with van der Waals surface area (Å²) in [6, 6.07) is 3.97. The summed E-state index contributed by atoms with van der Waals surface area (Å²) in [4.78, 5) is 13.9. The second-order valence-electron chi connectivity index (χ2n) is 3.22. The molecule has 0 N–H and O–H groups in total. The van der Waals surface area contributed by atoms with Crippen LogP contribution in [0, 0.1) is 6.92 Å². The lowest BCUT2D eigenvalue weighted by Gasteiger charge is -1.98. The molecule has 0 unspecified atom stereocenters. The molecule has 2 aromatic rings. The van der Waals surface area contributed by atoms with E-state index >= 15 is 0 Å². The van der Waals surface area contributed by atoms with Crippen molar-refractivity contribution < 1.29 is 4.79 Å². The molecule has 0 radical (unpaired) electrons. The number of aryl methyl sites for hydroxylation is 1. The molecule has 0 saturated carbocycles. The lowest BCUT2D eigenvalue weighted by Crippen LogP contribution is -2.01. The van der Waals surface area contributed by atoms with Crippen LogP contribution in [0.5, 0.6) is 0 Å². The van der Waals surface area contributed by atoms with Gasteiger partial charge in [-0.2, -0.15) is 0 Å². The van der Waals surface area contributed by atoms with Gasteiger partial charge in [0.05, 0.1) is 4.88 Å². The van der Waals surface area contributed by atoms with Gasteiger partial charge in [-0.1, -0.05) is 0 Å². The minimum atomic E-state index is 0.214. The number of rotatable bonds is 3. The van der Waals surface area contributed by atoms with Crippen molar-refractivity contribution in [2.24, 2.45) is 0 Å². The molecular weight excluding hydrogens is 292 g/mol. The molecule has 0 aliphatic carbocycles. The Bertz CT molecular complexity index is 484. The molecule has 78 valence electrons. The van der Waals surface area contributed by atoms with Crippen LogP contribution in [0.3, 0.4) is 0 Å². The molecule has 1 nitrogen and oxygen atoms in total. The van der Waals surface area contributed by atoms with Crippen LogP contribution >= 0.6 is 38.6 Å². The molecule has 0 amide bonds. The van der Waals surface area contributed by atoms with Gasteiger partial charge < -0.3 is 0 Å². The monoisotopic (exact) mass is 300 g/mol. The van der Waals surface area contributed by atoms with Crippen LogP contribution in [0.15, 0.2) is 27.4 Å². The Balaban J connectivity index is 2.18. The van der Waals surface area contributed by atoms with E-state index in [0.717, 1.165) is 19.8 Å². The van der Waals surface area contributed by atoms with Gasteiger partial charge in [0.1, 0.15) is 0 Å². The maximum absolute atomic E-state index is 11.9. The number of carbonyl (C=O) groups is 1. The smallest absolute Gasteiger partial charge is 0.178 e. The third kappa shape index (κ3) is 2.38. The Labute approximate surface area is 105 Å². The zero-order chi connectivity index (χ0) is 10.8. The van der Waals surface area contributed by atoms with E-state index in [2.05, 4.69) is 15.9 Å². The first kappa shape index (κ1) is 11.0. The fourth-order valence-corrected chi connectivity index (χ4v) is 3.69. The molecule has 4 heteroatoms. The summed E-state index contributed by atoms with van der Waals surface area (Å²) >= 11 is 6.58. The molecule has 2 rings (SSSR count). The largest absolute Gasteiger partial charge is 0.293 e. The van der Waals surface area contributed by atoms with Crippen LogP contribution in [0.25, 0.3) is 0 Å². The number of Topliss-reactive ketones (excluding diaryl/α,β-unsaturated/α-hetero) is 1. The van der Waals surface area contributed by atoms with Crippen LogP contribution in [0.1, 0.15) is 20.1 Å². The molecule has 2 heterocycles. The second-order valence-corrected chi connectivity index (χ2v) is 6.00. The van der Waals surface area contributed by atoms with Crippen LogP contribution in [-0.2, 0) is 6.42 Å². The first-order valence-electron chi connectivity index (χ1n) is 4.47. The van der Waals surface area contributed by atoms with E-state index in [1.54, 1.807) is 11.3 Å². The van der Waals surface area contributed by atoms with Crippen molar-refractivity contribution in [1.82, 2.24) is 0 Å². The Hall–Kier alpha value is -0.450. The summed E-state index contributed by atoms with van der Waals surface area (Å²) in [7, 11) is 0. The molecule has 0 aromatic carbocycles. The van der Waals surface area contributed by atoms with Gasteiger partial charge >= 0.3 is 0 Å². The van der Waals surface area contributed by atoms with Gasteiger partial charge in [-0.3, -0.25) is 4.79 Å². The second kappa shape index (κ2) is 4.60. The van der Waals surface area contributed by atoms with Gasteiger partial charge in [0.2, 0.25) is 0 Å². The molecule has 0 bridgehead atoms. The molecule has 2 aromatic heterocycles. The summed E-state index contributed by atoms with van der Waals surface area (Å²) in [5.41, 5.74) is 1.08. The van der Waals surface area contributed by atoms with Crippen LogP contribution in [-0.4, -0.2) is 5.78 Å². The lowest BCUT2D eigenvalue weighted by molar-refractivity contribution is 0.0997. The fraction of sp³-hybridized carbons (Fsp3) is 0.182. The highest BCUT2D eigenvalue weighted by molar-refractivity contribution is 9.10. The van der Waals surface area contributed by atoms with Crippen molar-refractivity contribution >= 4 is 44.4 Å². The topological polar surface area (TPSA) is 17.1 Å². The third-order valence-corrected chi connectivity index (χ3v) is 5.11. The maximum atomic E-state index is 11.9. The highest BCUT2D eigenvalue weighted by Gasteiger charge is 2.13. The van der Waals surface area contributed by atoms with Gasteiger partial charge in [-0.25, -0.2) is 0 Å². The minimum Gasteiger partial charge on any atom is -0.293 e. The zero-order valence-corrected chi connectivity index (χ0v) is 11.3. The van der Waals surface area contributed by atoms with E-state index in [1.807, 2.05) is 29.8 Å². The molecule has 0 spiro atoms. The third-order valence-electron chi connectivity index (χ3n) is 2.13.